The molecule has 1 aromatic carbocycles. The molecule has 1 aliphatic rings. The van der Waals surface area contributed by atoms with Crippen LogP contribution >= 0.6 is 0 Å². The van der Waals surface area contributed by atoms with E-state index in [2.05, 4.69) is 5.32 Å². The predicted octanol–water partition coefficient (Wildman–Crippen LogP) is 2.01. The molecule has 2 nitrogen and oxygen atoms in total. The molecule has 0 aliphatic heterocycles. The molecule has 0 heterocycles. The van der Waals surface area contributed by atoms with Crippen LogP contribution in [0.2, 0.25) is 0 Å². The molecule has 2 rings (SSSR count). The SMILES string of the molecule is NCCCNC1CC(c2cccc(F)c2)C1. The molecule has 1 saturated carbocycles. The van der Waals surface area contributed by atoms with E-state index in [1.54, 1.807) is 12.1 Å². The summed E-state index contributed by atoms with van der Waals surface area (Å²) in [5.74, 6) is 0.406. The fourth-order valence-electron chi connectivity index (χ4n) is 2.23. The molecule has 1 aromatic rings. The zero-order valence-corrected chi connectivity index (χ0v) is 9.45. The zero-order chi connectivity index (χ0) is 11.4. The lowest BCUT2D eigenvalue weighted by molar-refractivity contribution is 0.290. The van der Waals surface area contributed by atoms with E-state index in [4.69, 9.17) is 5.73 Å². The highest BCUT2D eigenvalue weighted by Crippen LogP contribution is 2.36. The number of hydrogen-bond acceptors (Lipinski definition) is 2. The monoisotopic (exact) mass is 222 g/mol. The summed E-state index contributed by atoms with van der Waals surface area (Å²) in [6.45, 7) is 1.74. The van der Waals surface area contributed by atoms with Crippen LogP contribution in [0, 0.1) is 5.82 Å². The molecule has 16 heavy (non-hydrogen) atoms. The van der Waals surface area contributed by atoms with Crippen LogP contribution < -0.4 is 11.1 Å². The second-order valence-electron chi connectivity index (χ2n) is 4.52. The molecule has 3 heteroatoms. The van der Waals surface area contributed by atoms with Gasteiger partial charge in [0.1, 0.15) is 5.82 Å². The number of hydrogen-bond donors (Lipinski definition) is 2. The van der Waals surface area contributed by atoms with Crippen molar-refractivity contribution in [3.63, 3.8) is 0 Å². The first-order valence-corrected chi connectivity index (χ1v) is 5.98. The van der Waals surface area contributed by atoms with E-state index in [9.17, 15) is 4.39 Å². The average Bonchev–Trinajstić information content (AvgIpc) is 2.21. The fraction of sp³-hybridized carbons (Fsp3) is 0.538. The van der Waals surface area contributed by atoms with Gasteiger partial charge in [-0.15, -0.1) is 0 Å². The number of nitrogens with one attached hydrogen (secondary N) is 1. The fourth-order valence-corrected chi connectivity index (χ4v) is 2.23. The Balaban J connectivity index is 1.75. The van der Waals surface area contributed by atoms with Gasteiger partial charge in [-0.25, -0.2) is 4.39 Å². The Kier molecular flexibility index (Phi) is 3.91. The van der Waals surface area contributed by atoms with Gasteiger partial charge in [0.05, 0.1) is 0 Å². The second kappa shape index (κ2) is 5.41. The number of nitrogens with two attached hydrogens (primary N) is 1. The van der Waals surface area contributed by atoms with Crippen molar-refractivity contribution in [2.45, 2.75) is 31.2 Å². The Morgan fingerprint density at radius 2 is 2.19 bits per heavy atom. The topological polar surface area (TPSA) is 38.0 Å². The van der Waals surface area contributed by atoms with Crippen LogP contribution in [0.5, 0.6) is 0 Å². The zero-order valence-electron chi connectivity index (χ0n) is 9.45. The first-order valence-electron chi connectivity index (χ1n) is 5.98. The van der Waals surface area contributed by atoms with E-state index in [0.717, 1.165) is 37.9 Å². The Labute approximate surface area is 96.0 Å². The molecular weight excluding hydrogens is 203 g/mol. The van der Waals surface area contributed by atoms with E-state index in [1.807, 2.05) is 6.07 Å². The lowest BCUT2D eigenvalue weighted by Gasteiger charge is -2.36. The van der Waals surface area contributed by atoms with Crippen molar-refractivity contribution in [1.29, 1.82) is 0 Å². The van der Waals surface area contributed by atoms with Crippen molar-refractivity contribution in [3.05, 3.63) is 35.6 Å². The lowest BCUT2D eigenvalue weighted by Crippen LogP contribution is -2.40. The molecule has 0 radical (unpaired) electrons. The highest BCUT2D eigenvalue weighted by Gasteiger charge is 2.29. The average molecular weight is 222 g/mol. The normalized spacial score (nSPS) is 24.1. The molecule has 1 fully saturated rings. The first kappa shape index (κ1) is 11.6. The Morgan fingerprint density at radius 3 is 2.88 bits per heavy atom. The van der Waals surface area contributed by atoms with Crippen LogP contribution in [0.25, 0.3) is 0 Å². The third-order valence-corrected chi connectivity index (χ3v) is 3.27. The Morgan fingerprint density at radius 1 is 1.38 bits per heavy atom. The summed E-state index contributed by atoms with van der Waals surface area (Å²) in [5.41, 5.74) is 6.56. The molecule has 0 bridgehead atoms. The van der Waals surface area contributed by atoms with Gasteiger partial charge in [0, 0.05) is 6.04 Å². The molecule has 0 spiro atoms. The highest BCUT2D eigenvalue weighted by molar-refractivity contribution is 5.23. The summed E-state index contributed by atoms with van der Waals surface area (Å²) < 4.78 is 13.0. The lowest BCUT2D eigenvalue weighted by atomic mass is 9.76. The summed E-state index contributed by atoms with van der Waals surface area (Å²) in [7, 11) is 0. The van der Waals surface area contributed by atoms with Crippen molar-refractivity contribution in [1.82, 2.24) is 5.32 Å². The number of benzene rings is 1. The number of rotatable bonds is 5. The second-order valence-corrected chi connectivity index (χ2v) is 4.52. The highest BCUT2D eigenvalue weighted by atomic mass is 19.1. The molecule has 3 N–H and O–H groups in total. The molecule has 0 saturated heterocycles. The maximum absolute atomic E-state index is 13.0. The van der Waals surface area contributed by atoms with Gasteiger partial charge in [0.15, 0.2) is 0 Å². The van der Waals surface area contributed by atoms with E-state index < -0.39 is 0 Å². The van der Waals surface area contributed by atoms with E-state index in [1.165, 1.54) is 6.07 Å². The van der Waals surface area contributed by atoms with Crippen molar-refractivity contribution < 1.29 is 4.39 Å². The Hall–Kier alpha value is -0.930. The van der Waals surface area contributed by atoms with Crippen LogP contribution in [0.1, 0.15) is 30.7 Å². The van der Waals surface area contributed by atoms with E-state index >= 15 is 0 Å². The van der Waals surface area contributed by atoms with Gasteiger partial charge in [-0.1, -0.05) is 12.1 Å². The third-order valence-electron chi connectivity index (χ3n) is 3.27. The minimum atomic E-state index is -0.128. The van der Waals surface area contributed by atoms with Crippen LogP contribution in [0.15, 0.2) is 24.3 Å². The summed E-state index contributed by atoms with van der Waals surface area (Å²) in [5, 5.41) is 3.46. The van der Waals surface area contributed by atoms with Crippen molar-refractivity contribution in [2.24, 2.45) is 5.73 Å². The molecule has 0 aromatic heterocycles. The first-order chi connectivity index (χ1) is 7.79. The predicted molar refractivity (Wildman–Crippen MR) is 63.8 cm³/mol. The third kappa shape index (κ3) is 2.80. The summed E-state index contributed by atoms with van der Waals surface area (Å²) in [4.78, 5) is 0. The quantitative estimate of drug-likeness (QED) is 0.748. The molecule has 0 atom stereocenters. The van der Waals surface area contributed by atoms with Crippen LogP contribution in [-0.4, -0.2) is 19.1 Å². The van der Waals surface area contributed by atoms with Crippen molar-refractivity contribution in [3.8, 4) is 0 Å². The van der Waals surface area contributed by atoms with E-state index in [0.29, 0.717) is 12.0 Å². The smallest absolute Gasteiger partial charge is 0.123 e. The largest absolute Gasteiger partial charge is 0.330 e. The van der Waals surface area contributed by atoms with Gasteiger partial charge in [-0.05, 0) is 56.0 Å². The van der Waals surface area contributed by atoms with Gasteiger partial charge in [-0.2, -0.15) is 0 Å². The van der Waals surface area contributed by atoms with Crippen LogP contribution in [-0.2, 0) is 0 Å². The summed E-state index contributed by atoms with van der Waals surface area (Å²) in [6, 6.07) is 7.56. The Bertz CT molecular complexity index is 334. The van der Waals surface area contributed by atoms with Gasteiger partial charge in [-0.3, -0.25) is 0 Å². The summed E-state index contributed by atoms with van der Waals surface area (Å²) in [6.07, 6.45) is 3.27. The van der Waals surface area contributed by atoms with E-state index in [-0.39, 0.29) is 5.82 Å². The molecular formula is C13H19FN2. The van der Waals surface area contributed by atoms with Gasteiger partial charge >= 0.3 is 0 Å². The standard InChI is InChI=1S/C13H19FN2/c14-12-4-1-3-10(7-12)11-8-13(9-11)16-6-2-5-15/h1,3-4,7,11,13,16H,2,5-6,8-9,15H2. The minimum Gasteiger partial charge on any atom is -0.330 e. The van der Waals surface area contributed by atoms with Crippen LogP contribution in [0.3, 0.4) is 0 Å². The summed E-state index contributed by atoms with van der Waals surface area (Å²) >= 11 is 0. The maximum Gasteiger partial charge on any atom is 0.123 e. The van der Waals surface area contributed by atoms with Gasteiger partial charge < -0.3 is 11.1 Å². The van der Waals surface area contributed by atoms with Crippen molar-refractivity contribution in [2.75, 3.05) is 13.1 Å². The molecule has 0 amide bonds. The van der Waals surface area contributed by atoms with Crippen LogP contribution in [0.4, 0.5) is 4.39 Å². The molecule has 88 valence electrons. The van der Waals surface area contributed by atoms with Crippen molar-refractivity contribution >= 4 is 0 Å². The molecule has 0 unspecified atom stereocenters. The molecule has 1 aliphatic carbocycles. The van der Waals surface area contributed by atoms with Gasteiger partial charge in [0.25, 0.3) is 0 Å². The number of halogens is 1. The van der Waals surface area contributed by atoms with Gasteiger partial charge in [0.2, 0.25) is 0 Å². The maximum atomic E-state index is 13.0. The minimum absolute atomic E-state index is 0.128.